The summed E-state index contributed by atoms with van der Waals surface area (Å²) in [6.07, 6.45) is -1.19. The number of hydrogen-bond donors (Lipinski definition) is 1. The monoisotopic (exact) mass is 155 g/mol. The van der Waals surface area contributed by atoms with Crippen LogP contribution in [0.15, 0.2) is 12.2 Å². The quantitative estimate of drug-likeness (QED) is 0.524. The van der Waals surface area contributed by atoms with Gasteiger partial charge in [0, 0.05) is 18.0 Å². The Labute approximate surface area is 64.1 Å². The van der Waals surface area contributed by atoms with Crippen LogP contribution in [-0.4, -0.2) is 28.6 Å². The molecule has 1 N–H and O–H groups in total. The van der Waals surface area contributed by atoms with Gasteiger partial charge < -0.3 is 5.11 Å². The highest BCUT2D eigenvalue weighted by atomic mass is 16.4. The van der Waals surface area contributed by atoms with E-state index >= 15 is 0 Å². The van der Waals surface area contributed by atoms with E-state index in [1.165, 1.54) is 0 Å². The molecule has 60 valence electrons. The standard InChI is InChI=1S/C7H9NO3/c1-4-3-8(7(10)11)6(9)5(4)2/h4H,2-3H2,1H3,(H,10,11). The second-order valence-corrected chi connectivity index (χ2v) is 2.62. The first-order chi connectivity index (χ1) is 5.04. The maximum absolute atomic E-state index is 11.0. The molecule has 1 saturated heterocycles. The van der Waals surface area contributed by atoms with E-state index in [1.54, 1.807) is 6.92 Å². The van der Waals surface area contributed by atoms with Crippen LogP contribution >= 0.6 is 0 Å². The van der Waals surface area contributed by atoms with Crippen molar-refractivity contribution >= 4 is 12.0 Å². The number of nitrogens with zero attached hydrogens (tertiary/aromatic N) is 1. The van der Waals surface area contributed by atoms with Crippen LogP contribution in [0.3, 0.4) is 0 Å². The third-order valence-electron chi connectivity index (χ3n) is 1.80. The Morgan fingerprint density at radius 1 is 1.82 bits per heavy atom. The van der Waals surface area contributed by atoms with Crippen molar-refractivity contribution in [1.82, 2.24) is 4.90 Å². The van der Waals surface area contributed by atoms with E-state index in [0.717, 1.165) is 4.90 Å². The lowest BCUT2D eigenvalue weighted by atomic mass is 10.1. The summed E-state index contributed by atoms with van der Waals surface area (Å²) in [5.74, 6) is -0.511. The SMILES string of the molecule is C=C1C(=O)N(C(=O)O)CC1C. The van der Waals surface area contributed by atoms with Gasteiger partial charge in [-0.25, -0.2) is 9.69 Å². The smallest absolute Gasteiger partial charge is 0.414 e. The van der Waals surface area contributed by atoms with Gasteiger partial charge in [-0.2, -0.15) is 0 Å². The highest BCUT2D eigenvalue weighted by molar-refractivity contribution is 6.04. The molecule has 1 atom stereocenters. The fraction of sp³-hybridized carbons (Fsp3) is 0.429. The lowest BCUT2D eigenvalue weighted by molar-refractivity contribution is -0.122. The number of carbonyl (C=O) groups excluding carboxylic acids is 1. The molecule has 4 nitrogen and oxygen atoms in total. The van der Waals surface area contributed by atoms with E-state index in [2.05, 4.69) is 6.58 Å². The van der Waals surface area contributed by atoms with E-state index in [0.29, 0.717) is 5.57 Å². The minimum absolute atomic E-state index is 0.0430. The Kier molecular flexibility index (Phi) is 1.68. The van der Waals surface area contributed by atoms with Gasteiger partial charge in [0.1, 0.15) is 0 Å². The molecule has 0 saturated carbocycles. The summed E-state index contributed by atoms with van der Waals surface area (Å²) in [6.45, 7) is 5.52. The molecular formula is C7H9NO3. The predicted molar refractivity (Wildman–Crippen MR) is 38.0 cm³/mol. The topological polar surface area (TPSA) is 57.6 Å². The maximum Gasteiger partial charge on any atom is 0.414 e. The number of rotatable bonds is 0. The van der Waals surface area contributed by atoms with E-state index in [1.807, 2.05) is 0 Å². The molecule has 1 aliphatic heterocycles. The van der Waals surface area contributed by atoms with Crippen LogP contribution in [0.2, 0.25) is 0 Å². The van der Waals surface area contributed by atoms with E-state index in [-0.39, 0.29) is 12.5 Å². The normalized spacial score (nSPS) is 24.5. The van der Waals surface area contributed by atoms with Crippen molar-refractivity contribution < 1.29 is 14.7 Å². The van der Waals surface area contributed by atoms with Crippen molar-refractivity contribution in [3.63, 3.8) is 0 Å². The molecule has 0 aliphatic carbocycles. The third kappa shape index (κ3) is 1.11. The maximum atomic E-state index is 11.0. The van der Waals surface area contributed by atoms with Gasteiger partial charge >= 0.3 is 6.09 Å². The number of imide groups is 1. The zero-order chi connectivity index (χ0) is 8.59. The molecule has 0 aromatic rings. The molecular weight excluding hydrogens is 146 g/mol. The Morgan fingerprint density at radius 3 is 2.55 bits per heavy atom. The molecule has 1 unspecified atom stereocenters. The molecule has 0 spiro atoms. The fourth-order valence-corrected chi connectivity index (χ4v) is 1.02. The van der Waals surface area contributed by atoms with Crippen molar-refractivity contribution in [2.75, 3.05) is 6.54 Å². The minimum Gasteiger partial charge on any atom is -0.465 e. The summed E-state index contributed by atoms with van der Waals surface area (Å²) < 4.78 is 0. The molecule has 4 heteroatoms. The van der Waals surface area contributed by atoms with Crippen LogP contribution in [0.1, 0.15) is 6.92 Å². The van der Waals surface area contributed by atoms with Gasteiger partial charge in [0.25, 0.3) is 5.91 Å². The van der Waals surface area contributed by atoms with Gasteiger partial charge in [0.2, 0.25) is 0 Å². The fourth-order valence-electron chi connectivity index (χ4n) is 1.02. The molecule has 2 amide bonds. The second-order valence-electron chi connectivity index (χ2n) is 2.62. The highest BCUT2D eigenvalue weighted by Gasteiger charge is 2.34. The van der Waals surface area contributed by atoms with Gasteiger partial charge in [-0.15, -0.1) is 0 Å². The van der Waals surface area contributed by atoms with Crippen molar-refractivity contribution in [2.24, 2.45) is 5.92 Å². The van der Waals surface area contributed by atoms with Crippen LogP contribution in [0, 0.1) is 5.92 Å². The summed E-state index contributed by atoms with van der Waals surface area (Å²) >= 11 is 0. The number of likely N-dealkylation sites (tertiary alicyclic amines) is 1. The summed E-state index contributed by atoms with van der Waals surface area (Å²) in [5, 5.41) is 8.48. The summed E-state index contributed by atoms with van der Waals surface area (Å²) in [4.78, 5) is 22.2. The zero-order valence-electron chi connectivity index (χ0n) is 6.20. The van der Waals surface area contributed by atoms with E-state index in [4.69, 9.17) is 5.11 Å². The first-order valence-electron chi connectivity index (χ1n) is 3.27. The second kappa shape index (κ2) is 2.38. The highest BCUT2D eigenvalue weighted by Crippen LogP contribution is 2.21. The minimum atomic E-state index is -1.19. The molecule has 0 aromatic heterocycles. The zero-order valence-corrected chi connectivity index (χ0v) is 6.20. The average molecular weight is 155 g/mol. The molecule has 11 heavy (non-hydrogen) atoms. The van der Waals surface area contributed by atoms with Crippen molar-refractivity contribution in [3.05, 3.63) is 12.2 Å². The van der Waals surface area contributed by atoms with E-state index < -0.39 is 12.0 Å². The van der Waals surface area contributed by atoms with Gasteiger partial charge in [0.05, 0.1) is 0 Å². The Hall–Kier alpha value is -1.32. The summed E-state index contributed by atoms with van der Waals surface area (Å²) in [6, 6.07) is 0. The van der Waals surface area contributed by atoms with Crippen LogP contribution in [0.5, 0.6) is 0 Å². The van der Waals surface area contributed by atoms with Crippen LogP contribution in [0.4, 0.5) is 4.79 Å². The number of carboxylic acid groups (broad SMARTS) is 1. The Balaban J connectivity index is 2.83. The number of hydrogen-bond acceptors (Lipinski definition) is 2. The average Bonchev–Trinajstić information content (AvgIpc) is 2.17. The first-order valence-corrected chi connectivity index (χ1v) is 3.27. The first kappa shape index (κ1) is 7.78. The summed E-state index contributed by atoms with van der Waals surface area (Å²) in [5.41, 5.74) is 0.382. The number of carbonyl (C=O) groups is 2. The largest absolute Gasteiger partial charge is 0.465 e. The Bertz CT molecular complexity index is 234. The van der Waals surface area contributed by atoms with Gasteiger partial charge in [0.15, 0.2) is 0 Å². The molecule has 1 aliphatic rings. The molecule has 0 radical (unpaired) electrons. The molecule has 1 heterocycles. The van der Waals surface area contributed by atoms with E-state index in [9.17, 15) is 9.59 Å². The van der Waals surface area contributed by atoms with Crippen molar-refractivity contribution in [1.29, 1.82) is 0 Å². The van der Waals surface area contributed by atoms with Crippen LogP contribution < -0.4 is 0 Å². The summed E-state index contributed by atoms with van der Waals surface area (Å²) in [7, 11) is 0. The van der Waals surface area contributed by atoms with Gasteiger partial charge in [-0.1, -0.05) is 13.5 Å². The molecule has 0 aromatic carbocycles. The van der Waals surface area contributed by atoms with Crippen molar-refractivity contribution in [3.8, 4) is 0 Å². The molecule has 1 fully saturated rings. The Morgan fingerprint density at radius 2 is 2.36 bits per heavy atom. The third-order valence-corrected chi connectivity index (χ3v) is 1.80. The lowest BCUT2D eigenvalue weighted by Gasteiger charge is -2.06. The van der Waals surface area contributed by atoms with Crippen molar-refractivity contribution in [2.45, 2.75) is 6.92 Å². The lowest BCUT2D eigenvalue weighted by Crippen LogP contribution is -2.30. The predicted octanol–water partition coefficient (Wildman–Crippen LogP) is 0.699. The molecule has 1 rings (SSSR count). The van der Waals surface area contributed by atoms with Crippen LogP contribution in [-0.2, 0) is 4.79 Å². The number of amides is 2. The van der Waals surface area contributed by atoms with Gasteiger partial charge in [-0.3, -0.25) is 4.79 Å². The van der Waals surface area contributed by atoms with Gasteiger partial charge in [-0.05, 0) is 0 Å². The molecule has 0 bridgehead atoms. The van der Waals surface area contributed by atoms with Crippen LogP contribution in [0.25, 0.3) is 0 Å².